The molecule has 0 aliphatic carbocycles. The number of hydrogen-bond donors (Lipinski definition) is 1. The van der Waals surface area contributed by atoms with Crippen molar-refractivity contribution in [3.63, 3.8) is 0 Å². The van der Waals surface area contributed by atoms with Gasteiger partial charge in [-0.3, -0.25) is 0 Å². The summed E-state index contributed by atoms with van der Waals surface area (Å²) in [7, 11) is 0. The normalized spacial score (nSPS) is 10.8. The summed E-state index contributed by atoms with van der Waals surface area (Å²) in [5, 5.41) is 7.44. The summed E-state index contributed by atoms with van der Waals surface area (Å²) in [4.78, 5) is 2.01. The van der Waals surface area contributed by atoms with Gasteiger partial charge in [0.15, 0.2) is 0 Å². The molecule has 5 heteroatoms. The third-order valence-corrected chi connectivity index (χ3v) is 1.67. The maximum absolute atomic E-state index is 5.33. The van der Waals surface area contributed by atoms with Gasteiger partial charge in [0.05, 0.1) is 0 Å². The van der Waals surface area contributed by atoms with E-state index in [4.69, 9.17) is 10.2 Å². The fourth-order valence-corrected chi connectivity index (χ4v) is 1.14. The van der Waals surface area contributed by atoms with E-state index in [0.717, 1.165) is 13.1 Å². The van der Waals surface area contributed by atoms with Crippen LogP contribution in [-0.2, 0) is 0 Å². The monoisotopic (exact) mass is 184 g/mol. The van der Waals surface area contributed by atoms with Gasteiger partial charge in [-0.05, 0) is 12.8 Å². The number of hydrogen-bond acceptors (Lipinski definition) is 5. The van der Waals surface area contributed by atoms with Gasteiger partial charge in [-0.1, -0.05) is 24.0 Å². The minimum Gasteiger partial charge on any atom is -0.390 e. The molecular formula is C8H16N4O. The lowest BCUT2D eigenvalue weighted by Crippen LogP contribution is -2.27. The van der Waals surface area contributed by atoms with Crippen molar-refractivity contribution < 1.29 is 4.42 Å². The van der Waals surface area contributed by atoms with Crippen molar-refractivity contribution in [1.82, 2.24) is 10.2 Å². The Bertz CT molecular complexity index is 258. The van der Waals surface area contributed by atoms with E-state index < -0.39 is 0 Å². The molecule has 2 N–H and O–H groups in total. The number of nitrogen functional groups attached to an aromatic ring is 1. The molecule has 0 aliphatic heterocycles. The first-order valence-electron chi connectivity index (χ1n) is 4.47. The first kappa shape index (κ1) is 9.83. The summed E-state index contributed by atoms with van der Waals surface area (Å²) in [5.41, 5.74) is 5.33. The average Bonchev–Trinajstić information content (AvgIpc) is 2.47. The second-order valence-electron chi connectivity index (χ2n) is 3.36. The molecule has 0 unspecified atom stereocenters. The molecule has 0 saturated carbocycles. The van der Waals surface area contributed by atoms with Gasteiger partial charge in [-0.15, -0.1) is 0 Å². The number of rotatable bonds is 4. The molecule has 1 aromatic rings. The van der Waals surface area contributed by atoms with E-state index in [1.54, 1.807) is 0 Å². The SMILES string of the molecule is CCN(CC(C)C)c1nnc(N)o1. The summed E-state index contributed by atoms with van der Waals surface area (Å²) in [6, 6.07) is 0.630. The second kappa shape index (κ2) is 4.11. The van der Waals surface area contributed by atoms with Gasteiger partial charge in [0.25, 0.3) is 0 Å². The van der Waals surface area contributed by atoms with Crippen molar-refractivity contribution in [2.45, 2.75) is 20.8 Å². The van der Waals surface area contributed by atoms with E-state index in [1.807, 2.05) is 11.8 Å². The minimum absolute atomic E-state index is 0.122. The molecule has 13 heavy (non-hydrogen) atoms. The Balaban J connectivity index is 2.66. The van der Waals surface area contributed by atoms with Crippen LogP contribution in [0, 0.1) is 5.92 Å². The van der Waals surface area contributed by atoms with Crippen molar-refractivity contribution >= 4 is 12.0 Å². The van der Waals surface area contributed by atoms with Crippen molar-refractivity contribution in [2.75, 3.05) is 23.7 Å². The van der Waals surface area contributed by atoms with Crippen molar-refractivity contribution in [3.05, 3.63) is 0 Å². The molecule has 0 fully saturated rings. The zero-order chi connectivity index (χ0) is 9.84. The lowest BCUT2D eigenvalue weighted by Gasteiger charge is -2.19. The smallest absolute Gasteiger partial charge is 0.319 e. The van der Waals surface area contributed by atoms with Crippen LogP contribution in [0.5, 0.6) is 0 Å². The Hall–Kier alpha value is -1.26. The molecule has 0 aliphatic rings. The Kier molecular flexibility index (Phi) is 3.11. The Morgan fingerprint density at radius 3 is 2.54 bits per heavy atom. The highest BCUT2D eigenvalue weighted by Crippen LogP contribution is 2.14. The molecule has 0 spiro atoms. The summed E-state index contributed by atoms with van der Waals surface area (Å²) in [6.07, 6.45) is 0. The molecule has 0 amide bonds. The van der Waals surface area contributed by atoms with Gasteiger partial charge in [0.1, 0.15) is 0 Å². The molecule has 5 nitrogen and oxygen atoms in total. The van der Waals surface area contributed by atoms with Crippen molar-refractivity contribution in [1.29, 1.82) is 0 Å². The van der Waals surface area contributed by atoms with Gasteiger partial charge in [-0.2, -0.15) is 0 Å². The van der Waals surface area contributed by atoms with Crippen LogP contribution in [0.2, 0.25) is 0 Å². The van der Waals surface area contributed by atoms with Gasteiger partial charge < -0.3 is 15.1 Å². The number of nitrogens with zero attached hydrogens (tertiary/aromatic N) is 3. The molecular weight excluding hydrogens is 168 g/mol. The van der Waals surface area contributed by atoms with Crippen LogP contribution in [0.4, 0.5) is 12.0 Å². The van der Waals surface area contributed by atoms with Crippen LogP contribution in [-0.4, -0.2) is 23.3 Å². The van der Waals surface area contributed by atoms with Crippen LogP contribution < -0.4 is 10.6 Å². The minimum atomic E-state index is 0.122. The quantitative estimate of drug-likeness (QED) is 0.759. The van der Waals surface area contributed by atoms with Gasteiger partial charge in [-0.25, -0.2) is 0 Å². The Labute approximate surface area is 77.9 Å². The second-order valence-corrected chi connectivity index (χ2v) is 3.36. The molecule has 0 atom stereocenters. The molecule has 74 valence electrons. The fraction of sp³-hybridized carbons (Fsp3) is 0.750. The first-order valence-corrected chi connectivity index (χ1v) is 4.47. The summed E-state index contributed by atoms with van der Waals surface area (Å²) >= 11 is 0. The molecule has 0 saturated heterocycles. The van der Waals surface area contributed by atoms with Crippen LogP contribution in [0.1, 0.15) is 20.8 Å². The fourth-order valence-electron chi connectivity index (χ4n) is 1.14. The standard InChI is InChI=1S/C8H16N4O/c1-4-12(5-6(2)3)8-11-10-7(9)13-8/h6H,4-5H2,1-3H3,(H2,9,10). The molecule has 0 bridgehead atoms. The zero-order valence-electron chi connectivity index (χ0n) is 8.32. The number of nitrogens with two attached hydrogens (primary N) is 1. The summed E-state index contributed by atoms with van der Waals surface area (Å²) in [5.74, 6) is 0.563. The maximum atomic E-state index is 5.33. The van der Waals surface area contributed by atoms with Crippen LogP contribution in [0.3, 0.4) is 0 Å². The van der Waals surface area contributed by atoms with E-state index in [9.17, 15) is 0 Å². The molecule has 1 aromatic heterocycles. The zero-order valence-corrected chi connectivity index (χ0v) is 8.32. The van der Waals surface area contributed by atoms with E-state index in [0.29, 0.717) is 11.9 Å². The first-order chi connectivity index (χ1) is 6.13. The lowest BCUT2D eigenvalue weighted by atomic mass is 10.2. The molecule has 1 rings (SSSR count). The number of aromatic nitrogens is 2. The molecule has 0 radical (unpaired) electrons. The van der Waals surface area contributed by atoms with Crippen molar-refractivity contribution in [2.24, 2.45) is 5.92 Å². The average molecular weight is 184 g/mol. The number of anilines is 2. The van der Waals surface area contributed by atoms with Crippen LogP contribution in [0.25, 0.3) is 0 Å². The highest BCUT2D eigenvalue weighted by molar-refractivity contribution is 5.27. The van der Waals surface area contributed by atoms with E-state index >= 15 is 0 Å². The Morgan fingerprint density at radius 2 is 2.15 bits per heavy atom. The Morgan fingerprint density at radius 1 is 1.46 bits per heavy atom. The van der Waals surface area contributed by atoms with E-state index in [2.05, 4.69) is 24.0 Å². The third kappa shape index (κ3) is 2.61. The third-order valence-electron chi connectivity index (χ3n) is 1.67. The summed E-state index contributed by atoms with van der Waals surface area (Å²) < 4.78 is 5.12. The van der Waals surface area contributed by atoms with Gasteiger partial charge in [0.2, 0.25) is 0 Å². The van der Waals surface area contributed by atoms with Gasteiger partial charge >= 0.3 is 12.0 Å². The summed E-state index contributed by atoms with van der Waals surface area (Å²) in [6.45, 7) is 8.07. The van der Waals surface area contributed by atoms with E-state index in [-0.39, 0.29) is 6.01 Å². The molecule has 0 aromatic carbocycles. The lowest BCUT2D eigenvalue weighted by molar-refractivity contribution is 0.522. The van der Waals surface area contributed by atoms with Gasteiger partial charge in [0, 0.05) is 13.1 Å². The highest BCUT2D eigenvalue weighted by atomic mass is 16.4. The predicted octanol–water partition coefficient (Wildman–Crippen LogP) is 1.13. The van der Waals surface area contributed by atoms with Crippen LogP contribution >= 0.6 is 0 Å². The maximum Gasteiger partial charge on any atom is 0.319 e. The molecule has 1 heterocycles. The van der Waals surface area contributed by atoms with Crippen LogP contribution in [0.15, 0.2) is 4.42 Å². The van der Waals surface area contributed by atoms with E-state index in [1.165, 1.54) is 0 Å². The highest BCUT2D eigenvalue weighted by Gasteiger charge is 2.12. The predicted molar refractivity (Wildman–Crippen MR) is 51.4 cm³/mol. The van der Waals surface area contributed by atoms with Crippen molar-refractivity contribution in [3.8, 4) is 0 Å². The topological polar surface area (TPSA) is 68.2 Å². The largest absolute Gasteiger partial charge is 0.390 e.